The number of carbonyl (C=O) groups excluding carboxylic acids is 1. The van der Waals surface area contributed by atoms with Crippen molar-refractivity contribution in [1.29, 1.82) is 0 Å². The molecule has 3 rings (SSSR count). The van der Waals surface area contributed by atoms with Crippen LogP contribution in [0.2, 0.25) is 10.0 Å². The normalized spacial score (nSPS) is 18.0. The Hall–Kier alpha value is -1.63. The van der Waals surface area contributed by atoms with Crippen LogP contribution in [0, 0.1) is 5.92 Å². The van der Waals surface area contributed by atoms with Gasteiger partial charge in [-0.15, -0.1) is 5.10 Å². The number of aliphatic hydroxyl groups excluding tert-OH is 1. The van der Waals surface area contributed by atoms with Crippen molar-refractivity contribution in [3.63, 3.8) is 0 Å². The van der Waals surface area contributed by atoms with Gasteiger partial charge in [-0.2, -0.15) is 0 Å². The Balaban J connectivity index is 1.66. The van der Waals surface area contributed by atoms with E-state index >= 15 is 0 Å². The van der Waals surface area contributed by atoms with E-state index < -0.39 is 0 Å². The Morgan fingerprint density at radius 3 is 2.88 bits per heavy atom. The number of hydrogen-bond acceptors (Lipinski definition) is 4. The second kappa shape index (κ2) is 7.51. The van der Waals surface area contributed by atoms with Crippen LogP contribution in [0.15, 0.2) is 24.4 Å². The van der Waals surface area contributed by atoms with Gasteiger partial charge in [0.2, 0.25) is 0 Å². The Morgan fingerprint density at radius 1 is 1.33 bits per heavy atom. The minimum absolute atomic E-state index is 0.0343. The van der Waals surface area contributed by atoms with Gasteiger partial charge >= 0.3 is 0 Å². The maximum atomic E-state index is 12.7. The van der Waals surface area contributed by atoms with E-state index in [1.54, 1.807) is 29.1 Å². The Labute approximate surface area is 150 Å². The highest BCUT2D eigenvalue weighted by atomic mass is 35.5. The molecule has 0 radical (unpaired) electrons. The monoisotopic (exact) mass is 368 g/mol. The quantitative estimate of drug-likeness (QED) is 0.900. The van der Waals surface area contributed by atoms with E-state index in [-0.39, 0.29) is 12.5 Å². The molecule has 1 N–H and O–H groups in total. The zero-order valence-electron chi connectivity index (χ0n) is 13.0. The predicted octanol–water partition coefficient (Wildman–Crippen LogP) is 2.63. The van der Waals surface area contributed by atoms with Crippen LogP contribution in [0.3, 0.4) is 0 Å². The van der Waals surface area contributed by atoms with E-state index in [0.29, 0.717) is 40.3 Å². The number of amides is 1. The molecule has 24 heavy (non-hydrogen) atoms. The van der Waals surface area contributed by atoms with Crippen LogP contribution in [0.1, 0.15) is 28.9 Å². The van der Waals surface area contributed by atoms with E-state index in [0.717, 1.165) is 19.4 Å². The molecule has 1 aliphatic rings. The van der Waals surface area contributed by atoms with Crippen molar-refractivity contribution in [1.82, 2.24) is 19.9 Å². The summed E-state index contributed by atoms with van der Waals surface area (Å²) in [4.78, 5) is 14.5. The van der Waals surface area contributed by atoms with Gasteiger partial charge in [-0.1, -0.05) is 28.4 Å². The summed E-state index contributed by atoms with van der Waals surface area (Å²) in [5.41, 5.74) is 1.10. The highest BCUT2D eigenvalue weighted by molar-refractivity contribution is 6.42. The number of carbonyl (C=O) groups is 1. The zero-order chi connectivity index (χ0) is 17.1. The number of aromatic nitrogens is 3. The molecule has 0 aliphatic carbocycles. The lowest BCUT2D eigenvalue weighted by molar-refractivity contribution is 0.0659. The van der Waals surface area contributed by atoms with E-state index in [1.165, 1.54) is 0 Å². The van der Waals surface area contributed by atoms with Gasteiger partial charge in [0.1, 0.15) is 5.69 Å². The third kappa shape index (κ3) is 3.88. The lowest BCUT2D eigenvalue weighted by atomic mass is 9.97. The first-order valence-corrected chi connectivity index (χ1v) is 8.56. The second-order valence-electron chi connectivity index (χ2n) is 5.98. The van der Waals surface area contributed by atoms with Gasteiger partial charge in [-0.3, -0.25) is 9.48 Å². The summed E-state index contributed by atoms with van der Waals surface area (Å²) in [6, 6.07) is 4.95. The summed E-state index contributed by atoms with van der Waals surface area (Å²) >= 11 is 11.9. The average molecular weight is 369 g/mol. The van der Waals surface area contributed by atoms with Crippen LogP contribution in [-0.4, -0.2) is 44.0 Å². The molecule has 6 nitrogen and oxygen atoms in total. The van der Waals surface area contributed by atoms with Gasteiger partial charge in [0.15, 0.2) is 0 Å². The first-order chi connectivity index (χ1) is 11.6. The Bertz CT molecular complexity index is 735. The lowest BCUT2D eigenvalue weighted by Gasteiger charge is -2.32. The molecule has 2 aromatic rings. The topological polar surface area (TPSA) is 71.2 Å². The number of aliphatic hydroxyl groups is 1. The fourth-order valence-corrected chi connectivity index (χ4v) is 3.27. The predicted molar refractivity (Wildman–Crippen MR) is 91.0 cm³/mol. The van der Waals surface area contributed by atoms with Crippen molar-refractivity contribution >= 4 is 29.1 Å². The third-order valence-corrected chi connectivity index (χ3v) is 4.91. The third-order valence-electron chi connectivity index (χ3n) is 4.17. The second-order valence-corrected chi connectivity index (χ2v) is 6.79. The van der Waals surface area contributed by atoms with Gasteiger partial charge in [0.05, 0.1) is 22.8 Å². The van der Waals surface area contributed by atoms with Crippen LogP contribution in [0.25, 0.3) is 0 Å². The molecule has 0 saturated carbocycles. The number of benzene rings is 1. The summed E-state index contributed by atoms with van der Waals surface area (Å²) in [5.74, 6) is 0.270. The summed E-state index contributed by atoms with van der Waals surface area (Å²) < 4.78 is 1.73. The largest absolute Gasteiger partial charge is 0.390 e. The molecule has 1 saturated heterocycles. The summed E-state index contributed by atoms with van der Waals surface area (Å²) in [5, 5.41) is 17.8. The molecule has 128 valence electrons. The SMILES string of the molecule is O=C(c1ccc(Cl)c(Cl)c1)N1CCCC(Cn2cc(CO)nn2)C1. The molecule has 0 bridgehead atoms. The lowest BCUT2D eigenvalue weighted by Crippen LogP contribution is -2.41. The molecule has 0 spiro atoms. The average Bonchev–Trinajstić information content (AvgIpc) is 3.04. The van der Waals surface area contributed by atoms with Crippen molar-refractivity contribution in [3.8, 4) is 0 Å². The van der Waals surface area contributed by atoms with Crippen molar-refractivity contribution in [2.45, 2.75) is 26.0 Å². The maximum Gasteiger partial charge on any atom is 0.253 e. The molecule has 1 fully saturated rings. The summed E-state index contributed by atoms with van der Waals surface area (Å²) in [7, 11) is 0. The number of nitrogens with zero attached hydrogens (tertiary/aromatic N) is 4. The van der Waals surface area contributed by atoms with Gasteiger partial charge in [0, 0.05) is 25.2 Å². The molecule has 1 aliphatic heterocycles. The summed E-state index contributed by atoms with van der Waals surface area (Å²) in [6.07, 6.45) is 3.71. The molecule has 2 heterocycles. The van der Waals surface area contributed by atoms with Gasteiger partial charge in [-0.25, -0.2) is 0 Å². The van der Waals surface area contributed by atoms with Crippen molar-refractivity contribution in [2.24, 2.45) is 5.92 Å². The standard InChI is InChI=1S/C16H18Cl2N4O2/c17-14-4-3-12(6-15(14)18)16(24)21-5-1-2-11(7-21)8-22-9-13(10-23)19-20-22/h3-4,6,9,11,23H,1-2,5,7-8,10H2. The van der Waals surface area contributed by atoms with E-state index in [4.69, 9.17) is 28.3 Å². The molecule has 8 heteroatoms. The van der Waals surface area contributed by atoms with Crippen LogP contribution < -0.4 is 0 Å². The molecular weight excluding hydrogens is 351 g/mol. The highest BCUT2D eigenvalue weighted by Crippen LogP contribution is 2.25. The van der Waals surface area contributed by atoms with Crippen LogP contribution >= 0.6 is 23.2 Å². The van der Waals surface area contributed by atoms with Gasteiger partial charge in [0.25, 0.3) is 5.91 Å². The molecule has 1 amide bonds. The smallest absolute Gasteiger partial charge is 0.253 e. The molecule has 1 aromatic heterocycles. The van der Waals surface area contributed by atoms with Crippen LogP contribution in [0.4, 0.5) is 0 Å². The van der Waals surface area contributed by atoms with Gasteiger partial charge in [-0.05, 0) is 37.0 Å². The first kappa shape index (κ1) is 17.2. The zero-order valence-corrected chi connectivity index (χ0v) is 14.5. The maximum absolute atomic E-state index is 12.7. The number of halogens is 2. The van der Waals surface area contributed by atoms with Crippen molar-refractivity contribution < 1.29 is 9.90 Å². The Kier molecular flexibility index (Phi) is 5.38. The molecule has 1 atom stereocenters. The fraction of sp³-hybridized carbons (Fsp3) is 0.438. The number of hydrogen-bond donors (Lipinski definition) is 1. The number of rotatable bonds is 4. The van der Waals surface area contributed by atoms with Crippen LogP contribution in [-0.2, 0) is 13.2 Å². The van der Waals surface area contributed by atoms with E-state index in [2.05, 4.69) is 10.3 Å². The van der Waals surface area contributed by atoms with E-state index in [1.807, 2.05) is 4.90 Å². The van der Waals surface area contributed by atoms with Crippen LogP contribution in [0.5, 0.6) is 0 Å². The minimum atomic E-state index is -0.118. The van der Waals surface area contributed by atoms with Crippen molar-refractivity contribution in [2.75, 3.05) is 13.1 Å². The first-order valence-electron chi connectivity index (χ1n) is 7.81. The summed E-state index contributed by atoms with van der Waals surface area (Å²) in [6.45, 7) is 1.95. The number of likely N-dealkylation sites (tertiary alicyclic amines) is 1. The Morgan fingerprint density at radius 2 is 2.17 bits per heavy atom. The molecule has 1 aromatic carbocycles. The molecule has 1 unspecified atom stereocenters. The molecular formula is C16H18Cl2N4O2. The fourth-order valence-electron chi connectivity index (χ4n) is 2.98. The van der Waals surface area contributed by atoms with Crippen molar-refractivity contribution in [3.05, 3.63) is 45.7 Å². The highest BCUT2D eigenvalue weighted by Gasteiger charge is 2.25. The van der Waals surface area contributed by atoms with Gasteiger partial charge < -0.3 is 10.0 Å². The van der Waals surface area contributed by atoms with E-state index in [9.17, 15) is 4.79 Å². The number of piperidine rings is 1. The minimum Gasteiger partial charge on any atom is -0.390 e.